The number of halogens is 3. The van der Waals surface area contributed by atoms with Gasteiger partial charge >= 0.3 is 6.36 Å². The number of nitrogens with two attached hydrogens (primary N) is 1. The number of hydrogen-bond acceptors (Lipinski definition) is 6. The van der Waals surface area contributed by atoms with Crippen molar-refractivity contribution in [1.29, 1.82) is 0 Å². The number of hydrogen-bond donors (Lipinski definition) is 2. The summed E-state index contributed by atoms with van der Waals surface area (Å²) in [6, 6.07) is 3.46. The van der Waals surface area contributed by atoms with Gasteiger partial charge in [-0.3, -0.25) is 14.5 Å². The van der Waals surface area contributed by atoms with Crippen LogP contribution in [-0.4, -0.2) is 46.7 Å². The first-order valence-electron chi connectivity index (χ1n) is 11.2. The molecule has 186 valence electrons. The molecule has 0 aromatic heterocycles. The molecular weight excluding hydrogens is 453 g/mol. The first-order valence-corrected chi connectivity index (χ1v) is 11.2. The van der Waals surface area contributed by atoms with E-state index in [1.807, 2.05) is 13.8 Å². The SMILES string of the molecule is CC1(C)CC(=O)N(CC2CC2C(=O)NC2CC(C)(C)Oc3cccc(OC(F)(F)F)c32)C(N)=N1. The fraction of sp³-hybridized carbons (Fsp3) is 0.609. The molecule has 11 heteroatoms. The van der Waals surface area contributed by atoms with Gasteiger partial charge in [-0.1, -0.05) is 6.07 Å². The normalized spacial score (nSPS) is 27.3. The lowest BCUT2D eigenvalue weighted by Gasteiger charge is -2.38. The van der Waals surface area contributed by atoms with Gasteiger partial charge in [0, 0.05) is 18.9 Å². The average Bonchev–Trinajstić information content (AvgIpc) is 3.41. The number of nitrogens with one attached hydrogen (secondary N) is 1. The van der Waals surface area contributed by atoms with Gasteiger partial charge in [0.15, 0.2) is 5.96 Å². The number of amides is 2. The molecule has 2 amide bonds. The molecule has 3 atom stereocenters. The summed E-state index contributed by atoms with van der Waals surface area (Å²) in [5.74, 6) is -0.932. The monoisotopic (exact) mass is 482 g/mol. The Morgan fingerprint density at radius 1 is 1.32 bits per heavy atom. The topological polar surface area (TPSA) is 106 Å². The minimum absolute atomic E-state index is 0.104. The van der Waals surface area contributed by atoms with E-state index in [4.69, 9.17) is 10.5 Å². The number of carbonyl (C=O) groups excluding carboxylic acids is 2. The summed E-state index contributed by atoms with van der Waals surface area (Å²) in [5.41, 5.74) is 4.87. The zero-order chi connectivity index (χ0) is 25.1. The van der Waals surface area contributed by atoms with Crippen LogP contribution in [0.3, 0.4) is 0 Å². The Bertz CT molecular complexity index is 1040. The number of nitrogens with zero attached hydrogens (tertiary/aromatic N) is 2. The van der Waals surface area contributed by atoms with E-state index >= 15 is 0 Å². The standard InChI is InChI=1S/C23H29F3N4O4/c1-21(2)10-17(31)30(20(27)29-21)11-12-8-13(12)19(32)28-14-9-22(3,4)33-15-6-5-7-16(18(14)15)34-23(24,25)26/h5-7,12-14H,8-11H2,1-4H3,(H2,27,29)(H,28,32). The van der Waals surface area contributed by atoms with E-state index in [-0.39, 0.29) is 60.3 Å². The van der Waals surface area contributed by atoms with Crippen LogP contribution < -0.4 is 20.5 Å². The molecule has 1 aliphatic carbocycles. The first kappa shape index (κ1) is 24.2. The van der Waals surface area contributed by atoms with Crippen molar-refractivity contribution < 1.29 is 32.2 Å². The maximum atomic E-state index is 13.0. The molecule has 8 nitrogen and oxygen atoms in total. The second-order valence-corrected chi connectivity index (χ2v) is 10.4. The van der Waals surface area contributed by atoms with E-state index in [2.05, 4.69) is 15.0 Å². The molecule has 0 bridgehead atoms. The first-order chi connectivity index (χ1) is 15.6. The van der Waals surface area contributed by atoms with Crippen LogP contribution in [0.4, 0.5) is 13.2 Å². The van der Waals surface area contributed by atoms with Gasteiger partial charge in [0.2, 0.25) is 11.8 Å². The third kappa shape index (κ3) is 5.23. The van der Waals surface area contributed by atoms with Crippen LogP contribution in [-0.2, 0) is 9.59 Å². The lowest BCUT2D eigenvalue weighted by Crippen LogP contribution is -2.50. The molecule has 3 N–H and O–H groups in total. The summed E-state index contributed by atoms with van der Waals surface area (Å²) in [7, 11) is 0. The van der Waals surface area contributed by atoms with Crippen LogP contribution >= 0.6 is 0 Å². The van der Waals surface area contributed by atoms with Gasteiger partial charge in [-0.05, 0) is 52.2 Å². The summed E-state index contributed by atoms with van der Waals surface area (Å²) >= 11 is 0. The summed E-state index contributed by atoms with van der Waals surface area (Å²) in [5, 5.41) is 2.89. The molecule has 0 radical (unpaired) electrons. The third-order valence-corrected chi connectivity index (χ3v) is 6.25. The number of benzene rings is 1. The van der Waals surface area contributed by atoms with Gasteiger partial charge in [-0.2, -0.15) is 0 Å². The maximum Gasteiger partial charge on any atom is 0.573 e. The molecule has 3 aliphatic rings. The van der Waals surface area contributed by atoms with Gasteiger partial charge in [0.25, 0.3) is 0 Å². The number of ether oxygens (including phenoxy) is 2. The average molecular weight is 483 g/mol. The Morgan fingerprint density at radius 3 is 2.68 bits per heavy atom. The van der Waals surface area contributed by atoms with Gasteiger partial charge in [-0.15, -0.1) is 13.2 Å². The summed E-state index contributed by atoms with van der Waals surface area (Å²) < 4.78 is 49.0. The largest absolute Gasteiger partial charge is 0.573 e. The Kier molecular flexibility index (Phi) is 5.72. The molecule has 0 spiro atoms. The molecular formula is C23H29F3N4O4. The number of guanidine groups is 1. The zero-order valence-electron chi connectivity index (χ0n) is 19.5. The lowest BCUT2D eigenvalue weighted by molar-refractivity contribution is -0.275. The van der Waals surface area contributed by atoms with Crippen molar-refractivity contribution >= 4 is 17.8 Å². The molecule has 4 rings (SSSR count). The molecule has 1 saturated carbocycles. The second kappa shape index (κ2) is 8.06. The molecule has 2 heterocycles. The van der Waals surface area contributed by atoms with Crippen LogP contribution in [0.25, 0.3) is 0 Å². The second-order valence-electron chi connectivity index (χ2n) is 10.4. The van der Waals surface area contributed by atoms with Crippen molar-refractivity contribution in [2.75, 3.05) is 6.54 Å². The summed E-state index contributed by atoms with van der Waals surface area (Å²) in [6.45, 7) is 7.54. The van der Waals surface area contributed by atoms with Gasteiger partial charge in [0.1, 0.15) is 17.1 Å². The smallest absolute Gasteiger partial charge is 0.487 e. The van der Waals surface area contributed by atoms with Crippen molar-refractivity contribution in [1.82, 2.24) is 10.2 Å². The van der Waals surface area contributed by atoms with Gasteiger partial charge in [-0.25, -0.2) is 4.99 Å². The van der Waals surface area contributed by atoms with Crippen LogP contribution in [0.5, 0.6) is 11.5 Å². The number of alkyl halides is 3. The van der Waals surface area contributed by atoms with Crippen molar-refractivity contribution in [2.45, 2.75) is 70.5 Å². The maximum absolute atomic E-state index is 13.0. The highest BCUT2D eigenvalue weighted by Gasteiger charge is 2.48. The Balaban J connectivity index is 1.48. The van der Waals surface area contributed by atoms with E-state index in [0.717, 1.165) is 0 Å². The van der Waals surface area contributed by atoms with Crippen LogP contribution in [0.15, 0.2) is 23.2 Å². The van der Waals surface area contributed by atoms with Crippen molar-refractivity contribution in [2.24, 2.45) is 22.6 Å². The molecule has 0 saturated heterocycles. The third-order valence-electron chi connectivity index (χ3n) is 6.25. The van der Waals surface area contributed by atoms with E-state index in [1.54, 1.807) is 19.9 Å². The fourth-order valence-corrected chi connectivity index (χ4v) is 4.71. The number of fused-ring (bicyclic) bond motifs is 1. The van der Waals surface area contributed by atoms with E-state index in [0.29, 0.717) is 6.42 Å². The minimum atomic E-state index is -4.88. The summed E-state index contributed by atoms with van der Waals surface area (Å²) in [4.78, 5) is 31.3. The highest BCUT2D eigenvalue weighted by Crippen LogP contribution is 2.47. The Morgan fingerprint density at radius 2 is 2.03 bits per heavy atom. The van der Waals surface area contributed by atoms with E-state index in [9.17, 15) is 22.8 Å². The highest BCUT2D eigenvalue weighted by molar-refractivity contribution is 5.99. The van der Waals surface area contributed by atoms with Crippen LogP contribution in [0.1, 0.15) is 58.6 Å². The highest BCUT2D eigenvalue weighted by atomic mass is 19.4. The zero-order valence-corrected chi connectivity index (χ0v) is 19.5. The van der Waals surface area contributed by atoms with Crippen LogP contribution in [0, 0.1) is 11.8 Å². The predicted octanol–water partition coefficient (Wildman–Crippen LogP) is 3.27. The molecule has 34 heavy (non-hydrogen) atoms. The Labute approximate surface area is 195 Å². The molecule has 1 fully saturated rings. The van der Waals surface area contributed by atoms with Gasteiger partial charge < -0.3 is 20.5 Å². The van der Waals surface area contributed by atoms with Gasteiger partial charge in [0.05, 0.1) is 23.6 Å². The number of rotatable bonds is 5. The molecule has 1 aromatic carbocycles. The van der Waals surface area contributed by atoms with Crippen molar-refractivity contribution in [3.8, 4) is 11.5 Å². The Hall–Kier alpha value is -2.98. The predicted molar refractivity (Wildman–Crippen MR) is 117 cm³/mol. The van der Waals surface area contributed by atoms with E-state index < -0.39 is 29.3 Å². The molecule has 1 aromatic rings. The van der Waals surface area contributed by atoms with Crippen molar-refractivity contribution in [3.05, 3.63) is 23.8 Å². The summed E-state index contributed by atoms with van der Waals surface area (Å²) in [6.07, 6.45) is -3.84. The van der Waals surface area contributed by atoms with Crippen molar-refractivity contribution in [3.63, 3.8) is 0 Å². The van der Waals surface area contributed by atoms with E-state index in [1.165, 1.54) is 17.0 Å². The lowest BCUT2D eigenvalue weighted by atomic mass is 9.89. The quantitative estimate of drug-likeness (QED) is 0.670. The number of carbonyl (C=O) groups is 2. The molecule has 2 aliphatic heterocycles. The number of aliphatic imine (C=N–C) groups is 1. The molecule has 3 unspecified atom stereocenters. The fourth-order valence-electron chi connectivity index (χ4n) is 4.71. The minimum Gasteiger partial charge on any atom is -0.487 e. The van der Waals surface area contributed by atoms with Crippen LogP contribution in [0.2, 0.25) is 0 Å².